The van der Waals surface area contributed by atoms with Crippen molar-refractivity contribution in [3.05, 3.63) is 72.7 Å². The minimum absolute atomic E-state index is 0.331. The van der Waals surface area contributed by atoms with Gasteiger partial charge in [0, 0.05) is 59.3 Å². The van der Waals surface area contributed by atoms with E-state index in [1.165, 1.54) is 26.4 Å². The number of piperidine rings is 1. The number of benzene rings is 2. The quantitative estimate of drug-likeness (QED) is 0.327. The number of likely N-dealkylation sites (tertiary alicyclic amines) is 1. The molecule has 0 saturated carbocycles. The van der Waals surface area contributed by atoms with Gasteiger partial charge in [-0.05, 0) is 61.8 Å². The van der Waals surface area contributed by atoms with Crippen LogP contribution in [0.2, 0.25) is 0 Å². The van der Waals surface area contributed by atoms with Crippen molar-refractivity contribution >= 4 is 16.9 Å². The molecule has 3 heterocycles. The Bertz CT molecular complexity index is 1340. The van der Waals surface area contributed by atoms with Crippen LogP contribution in [-0.2, 0) is 11.3 Å². The summed E-state index contributed by atoms with van der Waals surface area (Å²) < 4.78 is 12.8. The average molecular weight is 470 g/mol. The van der Waals surface area contributed by atoms with Crippen molar-refractivity contribution in [3.63, 3.8) is 0 Å². The lowest BCUT2D eigenvalue weighted by Gasteiger charge is -2.26. The Morgan fingerprint density at radius 3 is 2.51 bits per heavy atom. The van der Waals surface area contributed by atoms with Crippen molar-refractivity contribution in [2.45, 2.75) is 25.8 Å². The summed E-state index contributed by atoms with van der Waals surface area (Å²) in [5.74, 6) is 0.470. The molecule has 5 rings (SSSR count). The normalized spacial score (nSPS) is 14.2. The number of carbonyl (C=O) groups is 1. The van der Waals surface area contributed by atoms with E-state index in [4.69, 9.17) is 9.47 Å². The van der Waals surface area contributed by atoms with E-state index in [1.807, 2.05) is 48.8 Å². The van der Waals surface area contributed by atoms with E-state index in [0.29, 0.717) is 5.56 Å². The zero-order valence-electron chi connectivity index (χ0n) is 20.4. The maximum Gasteiger partial charge on any atom is 0.338 e. The minimum Gasteiger partial charge on any atom is -0.497 e. The molecule has 6 nitrogen and oxygen atoms in total. The lowest BCUT2D eigenvalue weighted by molar-refractivity contribution is 0.0603. The summed E-state index contributed by atoms with van der Waals surface area (Å²) in [4.78, 5) is 19.8. The first-order valence-corrected chi connectivity index (χ1v) is 12.2. The monoisotopic (exact) mass is 469 g/mol. The Hall–Kier alpha value is -3.64. The van der Waals surface area contributed by atoms with Crippen LogP contribution in [0.4, 0.5) is 0 Å². The molecule has 0 atom stereocenters. The zero-order chi connectivity index (χ0) is 24.2. The number of hydrogen-bond donors (Lipinski definition) is 0. The highest BCUT2D eigenvalue weighted by Crippen LogP contribution is 2.35. The molecule has 0 radical (unpaired) electrons. The van der Waals surface area contributed by atoms with Gasteiger partial charge < -0.3 is 18.9 Å². The molecular weight excluding hydrogens is 438 g/mol. The van der Waals surface area contributed by atoms with Gasteiger partial charge in [0.15, 0.2) is 0 Å². The highest BCUT2D eigenvalue weighted by molar-refractivity contribution is 6.10. The zero-order valence-corrected chi connectivity index (χ0v) is 20.4. The summed E-state index contributed by atoms with van der Waals surface area (Å²) >= 11 is 0. The number of rotatable bonds is 7. The smallest absolute Gasteiger partial charge is 0.338 e. The molecule has 0 amide bonds. The van der Waals surface area contributed by atoms with E-state index in [-0.39, 0.29) is 5.97 Å². The maximum atomic E-state index is 12.7. The van der Waals surface area contributed by atoms with Gasteiger partial charge in [-0.25, -0.2) is 4.79 Å². The van der Waals surface area contributed by atoms with E-state index < -0.39 is 0 Å². The molecular formula is C29H31N3O3. The predicted molar refractivity (Wildman–Crippen MR) is 139 cm³/mol. The van der Waals surface area contributed by atoms with Crippen molar-refractivity contribution in [3.8, 4) is 28.0 Å². The average Bonchev–Trinajstić information content (AvgIpc) is 3.31. The van der Waals surface area contributed by atoms with Crippen LogP contribution in [0.5, 0.6) is 5.75 Å². The Kier molecular flexibility index (Phi) is 6.82. The number of methoxy groups -OCH3 is 2. The van der Waals surface area contributed by atoms with E-state index in [1.54, 1.807) is 7.11 Å². The molecule has 1 saturated heterocycles. The van der Waals surface area contributed by atoms with Gasteiger partial charge in [-0.2, -0.15) is 0 Å². The van der Waals surface area contributed by atoms with Crippen LogP contribution >= 0.6 is 0 Å². The number of ether oxygens (including phenoxy) is 2. The lowest BCUT2D eigenvalue weighted by Crippen LogP contribution is -2.32. The SMILES string of the molecule is COC(=O)c1cccc2c1c(-c1cncc(-c3cccc(OC)c3)c1)cn2CCN1CCCCC1. The van der Waals surface area contributed by atoms with Crippen molar-refractivity contribution in [2.24, 2.45) is 0 Å². The number of carbonyl (C=O) groups excluding carboxylic acids is 1. The molecule has 1 fully saturated rings. The number of esters is 1. The molecule has 0 unspecified atom stereocenters. The van der Waals surface area contributed by atoms with E-state index in [0.717, 1.165) is 65.1 Å². The molecule has 2 aromatic heterocycles. The fraction of sp³-hybridized carbons (Fsp3) is 0.310. The van der Waals surface area contributed by atoms with Gasteiger partial charge >= 0.3 is 5.97 Å². The molecule has 0 N–H and O–H groups in total. The molecule has 0 spiro atoms. The molecule has 4 aromatic rings. The summed E-state index contributed by atoms with van der Waals surface area (Å²) in [7, 11) is 3.10. The fourth-order valence-corrected chi connectivity index (χ4v) is 5.02. The number of pyridine rings is 1. The largest absolute Gasteiger partial charge is 0.497 e. The van der Waals surface area contributed by atoms with Gasteiger partial charge in [0.25, 0.3) is 0 Å². The lowest BCUT2D eigenvalue weighted by atomic mass is 9.99. The predicted octanol–water partition coefficient (Wildman–Crippen LogP) is 5.65. The van der Waals surface area contributed by atoms with Crippen molar-refractivity contribution in [2.75, 3.05) is 33.9 Å². The second kappa shape index (κ2) is 10.3. The Morgan fingerprint density at radius 2 is 1.71 bits per heavy atom. The van der Waals surface area contributed by atoms with Crippen LogP contribution in [0.3, 0.4) is 0 Å². The Balaban J connectivity index is 1.59. The Morgan fingerprint density at radius 1 is 0.914 bits per heavy atom. The summed E-state index contributed by atoms with van der Waals surface area (Å²) in [6.07, 6.45) is 9.75. The number of fused-ring (bicyclic) bond motifs is 1. The molecule has 1 aliphatic rings. The molecule has 1 aliphatic heterocycles. The molecule has 35 heavy (non-hydrogen) atoms. The molecule has 6 heteroatoms. The highest BCUT2D eigenvalue weighted by Gasteiger charge is 2.20. The highest BCUT2D eigenvalue weighted by atomic mass is 16.5. The first kappa shape index (κ1) is 23.1. The van der Waals surface area contributed by atoms with Gasteiger partial charge in [-0.3, -0.25) is 4.98 Å². The van der Waals surface area contributed by atoms with Gasteiger partial charge in [0.2, 0.25) is 0 Å². The summed E-state index contributed by atoms with van der Waals surface area (Å²) in [5, 5.41) is 0.905. The van der Waals surface area contributed by atoms with Crippen molar-refractivity contribution < 1.29 is 14.3 Å². The van der Waals surface area contributed by atoms with Gasteiger partial charge in [-0.15, -0.1) is 0 Å². The van der Waals surface area contributed by atoms with Crippen LogP contribution in [0, 0.1) is 0 Å². The van der Waals surface area contributed by atoms with Gasteiger partial charge in [-0.1, -0.05) is 24.6 Å². The van der Waals surface area contributed by atoms with Crippen LogP contribution in [0.25, 0.3) is 33.2 Å². The fourth-order valence-electron chi connectivity index (χ4n) is 5.02. The van der Waals surface area contributed by atoms with Crippen LogP contribution in [-0.4, -0.2) is 54.3 Å². The third kappa shape index (κ3) is 4.80. The second-order valence-electron chi connectivity index (χ2n) is 9.02. The third-order valence-electron chi connectivity index (χ3n) is 6.87. The maximum absolute atomic E-state index is 12.7. The van der Waals surface area contributed by atoms with Crippen molar-refractivity contribution in [1.29, 1.82) is 0 Å². The Labute approximate surface area is 206 Å². The third-order valence-corrected chi connectivity index (χ3v) is 6.87. The first-order valence-electron chi connectivity index (χ1n) is 12.2. The molecule has 2 aromatic carbocycles. The van der Waals surface area contributed by atoms with Crippen molar-refractivity contribution in [1.82, 2.24) is 14.5 Å². The summed E-state index contributed by atoms with van der Waals surface area (Å²) in [6.45, 7) is 4.18. The van der Waals surface area contributed by atoms with E-state index in [9.17, 15) is 4.79 Å². The first-order chi connectivity index (χ1) is 17.2. The van der Waals surface area contributed by atoms with Crippen LogP contribution in [0.15, 0.2) is 67.1 Å². The molecule has 0 aliphatic carbocycles. The van der Waals surface area contributed by atoms with Gasteiger partial charge in [0.05, 0.1) is 19.8 Å². The number of nitrogens with zero attached hydrogens (tertiary/aromatic N) is 3. The van der Waals surface area contributed by atoms with Crippen LogP contribution in [0.1, 0.15) is 29.6 Å². The topological polar surface area (TPSA) is 56.6 Å². The van der Waals surface area contributed by atoms with E-state index >= 15 is 0 Å². The van der Waals surface area contributed by atoms with E-state index in [2.05, 4.69) is 32.8 Å². The standard InChI is InChI=1S/C29H31N3O3/c1-34-24-9-6-8-21(17-24)22-16-23(19-30-18-22)26-20-32(15-14-31-12-4-3-5-13-31)27-11-7-10-25(28(26)27)29(33)35-2/h6-11,16-20H,3-5,12-15H2,1-2H3. The summed E-state index contributed by atoms with van der Waals surface area (Å²) in [6, 6.07) is 15.9. The molecule has 180 valence electrons. The second-order valence-corrected chi connectivity index (χ2v) is 9.02. The number of hydrogen-bond acceptors (Lipinski definition) is 5. The number of aromatic nitrogens is 2. The minimum atomic E-state index is -0.331. The molecule has 0 bridgehead atoms. The van der Waals surface area contributed by atoms with Gasteiger partial charge in [0.1, 0.15) is 5.75 Å². The van der Waals surface area contributed by atoms with Crippen LogP contribution < -0.4 is 4.74 Å². The summed E-state index contributed by atoms with van der Waals surface area (Å²) in [5.41, 5.74) is 5.57.